The normalized spacial score (nSPS) is 15.6. The molecule has 1 rings (SSSR count). The molecular weight excluding hydrogens is 360 g/mol. The summed E-state index contributed by atoms with van der Waals surface area (Å²) in [5, 5.41) is 10.0. The van der Waals surface area contributed by atoms with Crippen molar-refractivity contribution in [1.82, 2.24) is 0 Å². The molecule has 0 unspecified atom stereocenters. The fraction of sp³-hybridized carbons (Fsp3) is 0.600. The van der Waals surface area contributed by atoms with Crippen molar-refractivity contribution >= 4 is 12.4 Å². The van der Waals surface area contributed by atoms with Crippen LogP contribution in [0.4, 0.5) is 26.3 Å². The lowest BCUT2D eigenvalue weighted by Gasteiger charge is -2.29. The Hall–Kier alpha value is -0.990. The lowest BCUT2D eigenvalue weighted by molar-refractivity contribution is -0.143. The minimum atomic E-state index is -4.94. The molecule has 0 bridgehead atoms. The Morgan fingerprint density at radius 2 is 1.29 bits per heavy atom. The Kier molecular flexibility index (Phi) is 7.18. The van der Waals surface area contributed by atoms with E-state index in [1.165, 1.54) is 0 Å². The third-order valence-corrected chi connectivity index (χ3v) is 3.58. The van der Waals surface area contributed by atoms with Gasteiger partial charge in [-0.3, -0.25) is 0 Å². The van der Waals surface area contributed by atoms with Gasteiger partial charge in [-0.1, -0.05) is 20.8 Å². The zero-order valence-corrected chi connectivity index (χ0v) is 14.1. The third-order valence-electron chi connectivity index (χ3n) is 3.58. The Morgan fingerprint density at radius 3 is 1.58 bits per heavy atom. The minimum absolute atomic E-state index is 0. The second kappa shape index (κ2) is 7.49. The monoisotopic (exact) mass is 379 g/mol. The first-order valence-corrected chi connectivity index (χ1v) is 6.85. The van der Waals surface area contributed by atoms with E-state index in [4.69, 9.17) is 5.73 Å². The third kappa shape index (κ3) is 6.14. The van der Waals surface area contributed by atoms with Gasteiger partial charge in [-0.25, -0.2) is 0 Å². The van der Waals surface area contributed by atoms with Crippen molar-refractivity contribution in [3.8, 4) is 0 Å². The van der Waals surface area contributed by atoms with Crippen molar-refractivity contribution < 1.29 is 31.4 Å². The number of nitrogens with two attached hydrogens (primary N) is 1. The van der Waals surface area contributed by atoms with Crippen molar-refractivity contribution in [2.75, 3.05) is 0 Å². The van der Waals surface area contributed by atoms with E-state index in [0.29, 0.717) is 12.1 Å². The molecule has 0 aliphatic carbocycles. The number of benzene rings is 1. The molecule has 0 fully saturated rings. The Morgan fingerprint density at radius 1 is 0.917 bits per heavy atom. The highest BCUT2D eigenvalue weighted by Gasteiger charge is 2.37. The van der Waals surface area contributed by atoms with Crippen LogP contribution in [0.1, 0.15) is 50.0 Å². The molecule has 0 radical (unpaired) electrons. The molecular formula is C15H20ClF6NO. The average molecular weight is 380 g/mol. The van der Waals surface area contributed by atoms with Gasteiger partial charge >= 0.3 is 12.4 Å². The largest absolute Gasteiger partial charge is 0.416 e. The topological polar surface area (TPSA) is 46.2 Å². The number of hydrogen-bond donors (Lipinski definition) is 2. The van der Waals surface area contributed by atoms with Crippen LogP contribution in [0.15, 0.2) is 18.2 Å². The van der Waals surface area contributed by atoms with Crippen LogP contribution < -0.4 is 5.73 Å². The number of alkyl halides is 6. The first kappa shape index (κ1) is 23.0. The number of rotatable bonds is 3. The first-order valence-electron chi connectivity index (χ1n) is 6.85. The molecule has 0 saturated carbocycles. The van der Waals surface area contributed by atoms with E-state index in [1.807, 2.05) is 0 Å². The van der Waals surface area contributed by atoms with Gasteiger partial charge in [-0.15, -0.1) is 12.4 Å². The Balaban J connectivity index is 0.00000529. The van der Waals surface area contributed by atoms with Crippen LogP contribution in [-0.4, -0.2) is 11.1 Å². The van der Waals surface area contributed by atoms with Crippen LogP contribution >= 0.6 is 12.4 Å². The van der Waals surface area contributed by atoms with Crippen molar-refractivity contribution in [3.05, 3.63) is 34.9 Å². The zero-order valence-electron chi connectivity index (χ0n) is 13.3. The van der Waals surface area contributed by atoms with Crippen molar-refractivity contribution in [2.45, 2.75) is 51.7 Å². The summed E-state index contributed by atoms with van der Waals surface area (Å²) >= 11 is 0. The van der Waals surface area contributed by atoms with Crippen LogP contribution in [0.3, 0.4) is 0 Å². The standard InChI is InChI=1S/C15H19F6NO.ClH/c1-13(2,3)12(22)7-11(23)8-4-9(14(16,17)18)6-10(5-8)15(19,20)21;/h4-6,11-12,23H,7,22H2,1-3H3;1H/t11-,12+;/m0./s1. The predicted octanol–water partition coefficient (Wildman–Crippen LogP) is 4.94. The lowest BCUT2D eigenvalue weighted by atomic mass is 9.83. The molecule has 9 heteroatoms. The van der Waals surface area contributed by atoms with Gasteiger partial charge < -0.3 is 10.8 Å². The van der Waals surface area contributed by atoms with Crippen LogP contribution in [0.25, 0.3) is 0 Å². The summed E-state index contributed by atoms with van der Waals surface area (Å²) in [7, 11) is 0. The lowest BCUT2D eigenvalue weighted by Crippen LogP contribution is -2.36. The molecule has 2 atom stereocenters. The highest BCUT2D eigenvalue weighted by molar-refractivity contribution is 5.85. The molecule has 1 aromatic carbocycles. The van der Waals surface area contributed by atoms with E-state index in [-0.39, 0.29) is 24.9 Å². The van der Waals surface area contributed by atoms with Gasteiger partial charge in [0.1, 0.15) is 0 Å². The van der Waals surface area contributed by atoms with Gasteiger partial charge in [0.05, 0.1) is 17.2 Å². The van der Waals surface area contributed by atoms with Crippen LogP contribution in [0.2, 0.25) is 0 Å². The van der Waals surface area contributed by atoms with Crippen LogP contribution in [0, 0.1) is 5.41 Å². The number of aliphatic hydroxyl groups is 1. The highest BCUT2D eigenvalue weighted by atomic mass is 35.5. The summed E-state index contributed by atoms with van der Waals surface area (Å²) in [5.74, 6) is 0. The molecule has 0 aliphatic heterocycles. The summed E-state index contributed by atoms with van der Waals surface area (Å²) in [5.41, 5.74) is 2.03. The Labute approximate surface area is 142 Å². The molecule has 0 aromatic heterocycles. The van der Waals surface area contributed by atoms with E-state index in [0.717, 1.165) is 0 Å². The number of aliphatic hydroxyl groups excluding tert-OH is 1. The van der Waals surface area contributed by atoms with Gasteiger partial charge in [-0.2, -0.15) is 26.3 Å². The molecule has 0 aliphatic rings. The average Bonchev–Trinajstić information content (AvgIpc) is 2.34. The predicted molar refractivity (Wildman–Crippen MR) is 80.7 cm³/mol. The van der Waals surface area contributed by atoms with E-state index >= 15 is 0 Å². The Bertz CT molecular complexity index is 518. The second-order valence-electron chi connectivity index (χ2n) is 6.56. The van der Waals surface area contributed by atoms with Crippen LogP contribution in [0.5, 0.6) is 0 Å². The van der Waals surface area contributed by atoms with E-state index in [9.17, 15) is 31.4 Å². The molecule has 24 heavy (non-hydrogen) atoms. The van der Waals surface area contributed by atoms with Gasteiger partial charge in [-0.05, 0) is 35.6 Å². The molecule has 0 amide bonds. The zero-order chi connectivity index (χ0) is 18.2. The van der Waals surface area contributed by atoms with Gasteiger partial charge in [0.2, 0.25) is 0 Å². The quantitative estimate of drug-likeness (QED) is 0.730. The van der Waals surface area contributed by atoms with Crippen molar-refractivity contribution in [1.29, 1.82) is 0 Å². The highest BCUT2D eigenvalue weighted by Crippen LogP contribution is 2.38. The maximum Gasteiger partial charge on any atom is 0.416 e. The van der Waals surface area contributed by atoms with Gasteiger partial charge in [0.25, 0.3) is 0 Å². The summed E-state index contributed by atoms with van der Waals surface area (Å²) < 4.78 is 76.7. The van der Waals surface area contributed by atoms with Gasteiger partial charge in [0, 0.05) is 6.04 Å². The number of halogens is 7. The second-order valence-corrected chi connectivity index (χ2v) is 6.56. The summed E-state index contributed by atoms with van der Waals surface area (Å²) in [6.07, 6.45) is -11.6. The van der Waals surface area contributed by atoms with Crippen LogP contribution in [-0.2, 0) is 12.4 Å². The molecule has 140 valence electrons. The maximum atomic E-state index is 12.8. The number of hydrogen-bond acceptors (Lipinski definition) is 2. The molecule has 1 aromatic rings. The van der Waals surface area contributed by atoms with E-state index in [2.05, 4.69) is 0 Å². The maximum absolute atomic E-state index is 12.8. The molecule has 2 nitrogen and oxygen atoms in total. The SMILES string of the molecule is CC(C)(C)[C@H](N)C[C@H](O)c1cc(C(F)(F)F)cc(C(F)(F)F)c1.Cl. The summed E-state index contributed by atoms with van der Waals surface area (Å²) in [6, 6.07) is 0.478. The van der Waals surface area contributed by atoms with E-state index < -0.39 is 46.6 Å². The van der Waals surface area contributed by atoms with Crippen molar-refractivity contribution in [3.63, 3.8) is 0 Å². The van der Waals surface area contributed by atoms with E-state index in [1.54, 1.807) is 20.8 Å². The molecule has 0 spiro atoms. The smallest absolute Gasteiger partial charge is 0.388 e. The molecule has 0 saturated heterocycles. The molecule has 3 N–H and O–H groups in total. The minimum Gasteiger partial charge on any atom is -0.388 e. The fourth-order valence-corrected chi connectivity index (χ4v) is 1.90. The molecule has 0 heterocycles. The van der Waals surface area contributed by atoms with Crippen molar-refractivity contribution in [2.24, 2.45) is 11.1 Å². The van der Waals surface area contributed by atoms with Gasteiger partial charge in [0.15, 0.2) is 0 Å². The fourth-order valence-electron chi connectivity index (χ4n) is 1.90. The summed E-state index contributed by atoms with van der Waals surface area (Å²) in [4.78, 5) is 0. The first-order chi connectivity index (χ1) is 10.1. The summed E-state index contributed by atoms with van der Waals surface area (Å²) in [6.45, 7) is 5.28.